The molecule has 0 saturated carbocycles. The van der Waals surface area contributed by atoms with Crippen LogP contribution in [0.25, 0.3) is 11.6 Å². The van der Waals surface area contributed by atoms with E-state index in [0.29, 0.717) is 11.5 Å². The second-order valence-corrected chi connectivity index (χ2v) is 7.15. The van der Waals surface area contributed by atoms with Crippen molar-refractivity contribution < 1.29 is 19.1 Å². The van der Waals surface area contributed by atoms with E-state index < -0.39 is 0 Å². The molecule has 1 aliphatic rings. The van der Waals surface area contributed by atoms with Gasteiger partial charge in [-0.25, -0.2) is 0 Å². The molecule has 1 atom stereocenters. The minimum absolute atomic E-state index is 0.250. The molecular formula is C20H18O4S. The van der Waals surface area contributed by atoms with Gasteiger partial charge in [0.25, 0.3) is 0 Å². The van der Waals surface area contributed by atoms with E-state index in [-0.39, 0.29) is 17.2 Å². The van der Waals surface area contributed by atoms with Crippen molar-refractivity contribution in [1.82, 2.24) is 0 Å². The zero-order valence-corrected chi connectivity index (χ0v) is 15.1. The van der Waals surface area contributed by atoms with Crippen LogP contribution in [0, 0.1) is 0 Å². The third-order valence-electron chi connectivity index (χ3n) is 3.75. The van der Waals surface area contributed by atoms with Gasteiger partial charge in [0, 0.05) is 24.0 Å². The standard InChI is InChI=1S/C20H18O4S/c1-12-19(15-4-7-17(8-5-15)23-13(2)21)10-16-6-9-18(24-14(3)22)11-20(16)25-12/h4-12H,1-3H3. The van der Waals surface area contributed by atoms with Gasteiger partial charge in [-0.05, 0) is 54.0 Å². The van der Waals surface area contributed by atoms with Gasteiger partial charge in [-0.3, -0.25) is 9.59 Å². The molecule has 2 aromatic rings. The van der Waals surface area contributed by atoms with Gasteiger partial charge in [-0.2, -0.15) is 0 Å². The molecule has 25 heavy (non-hydrogen) atoms. The molecule has 1 aliphatic heterocycles. The second kappa shape index (κ2) is 7.15. The molecule has 0 radical (unpaired) electrons. The average molecular weight is 354 g/mol. The Bertz CT molecular complexity index is 852. The Balaban J connectivity index is 1.89. The predicted octanol–water partition coefficient (Wildman–Crippen LogP) is 4.57. The van der Waals surface area contributed by atoms with E-state index >= 15 is 0 Å². The monoisotopic (exact) mass is 354 g/mol. The predicted molar refractivity (Wildman–Crippen MR) is 98.7 cm³/mol. The molecule has 2 aromatic carbocycles. The first kappa shape index (κ1) is 17.3. The highest BCUT2D eigenvalue weighted by Gasteiger charge is 2.20. The lowest BCUT2D eigenvalue weighted by Crippen LogP contribution is -2.07. The topological polar surface area (TPSA) is 52.6 Å². The Kier molecular flexibility index (Phi) is 4.95. The fourth-order valence-electron chi connectivity index (χ4n) is 2.70. The summed E-state index contributed by atoms with van der Waals surface area (Å²) < 4.78 is 10.2. The summed E-state index contributed by atoms with van der Waals surface area (Å²) in [6, 6.07) is 13.2. The van der Waals surface area contributed by atoms with Gasteiger partial charge in [0.05, 0.1) is 0 Å². The van der Waals surface area contributed by atoms with E-state index in [1.54, 1.807) is 30.0 Å². The number of benzene rings is 2. The largest absolute Gasteiger partial charge is 0.427 e. The maximum atomic E-state index is 11.1. The van der Waals surface area contributed by atoms with Gasteiger partial charge < -0.3 is 9.47 Å². The molecule has 0 aromatic heterocycles. The quantitative estimate of drug-likeness (QED) is 0.597. The zero-order chi connectivity index (χ0) is 18.0. The zero-order valence-electron chi connectivity index (χ0n) is 14.2. The molecule has 0 saturated heterocycles. The summed E-state index contributed by atoms with van der Waals surface area (Å²) in [7, 11) is 0. The first-order valence-corrected chi connectivity index (χ1v) is 8.80. The van der Waals surface area contributed by atoms with E-state index in [2.05, 4.69) is 13.0 Å². The van der Waals surface area contributed by atoms with E-state index in [1.807, 2.05) is 24.3 Å². The smallest absolute Gasteiger partial charge is 0.308 e. The average Bonchev–Trinajstić information content (AvgIpc) is 2.54. The van der Waals surface area contributed by atoms with Gasteiger partial charge in [0.15, 0.2) is 0 Å². The molecule has 0 aliphatic carbocycles. The fourth-order valence-corrected chi connectivity index (χ4v) is 3.86. The summed E-state index contributed by atoms with van der Waals surface area (Å²) in [6.45, 7) is 4.92. The first-order chi connectivity index (χ1) is 11.9. The molecule has 0 bridgehead atoms. The normalized spacial score (nSPS) is 15.8. The summed E-state index contributed by atoms with van der Waals surface area (Å²) in [4.78, 5) is 23.2. The van der Waals surface area contributed by atoms with E-state index in [9.17, 15) is 9.59 Å². The highest BCUT2D eigenvalue weighted by molar-refractivity contribution is 8.00. The van der Waals surface area contributed by atoms with Crippen molar-refractivity contribution in [3.05, 3.63) is 53.6 Å². The maximum absolute atomic E-state index is 11.1. The maximum Gasteiger partial charge on any atom is 0.308 e. The van der Waals surface area contributed by atoms with Crippen molar-refractivity contribution in [2.45, 2.75) is 30.9 Å². The Morgan fingerprint density at radius 3 is 2.16 bits per heavy atom. The number of fused-ring (bicyclic) bond motifs is 1. The van der Waals surface area contributed by atoms with Gasteiger partial charge in [-0.1, -0.05) is 18.2 Å². The summed E-state index contributed by atoms with van der Waals surface area (Å²) in [5.41, 5.74) is 3.38. The van der Waals surface area contributed by atoms with Crippen LogP contribution in [0.15, 0.2) is 47.4 Å². The number of rotatable bonds is 3. The lowest BCUT2D eigenvalue weighted by Gasteiger charge is -2.23. The van der Waals surface area contributed by atoms with Gasteiger partial charge >= 0.3 is 11.9 Å². The third kappa shape index (κ3) is 4.12. The van der Waals surface area contributed by atoms with Crippen LogP contribution in [0.2, 0.25) is 0 Å². The number of thioether (sulfide) groups is 1. The number of carbonyl (C=O) groups excluding carboxylic acids is 2. The summed E-state index contributed by atoms with van der Waals surface area (Å²) >= 11 is 1.73. The summed E-state index contributed by atoms with van der Waals surface area (Å²) in [6.07, 6.45) is 2.15. The van der Waals surface area contributed by atoms with Crippen LogP contribution in [0.5, 0.6) is 11.5 Å². The number of hydrogen-bond acceptors (Lipinski definition) is 5. The minimum atomic E-state index is -0.328. The fraction of sp³-hybridized carbons (Fsp3) is 0.200. The first-order valence-electron chi connectivity index (χ1n) is 7.92. The van der Waals surface area contributed by atoms with Crippen molar-refractivity contribution in [3.63, 3.8) is 0 Å². The van der Waals surface area contributed by atoms with Gasteiger partial charge in [-0.15, -0.1) is 11.8 Å². The molecule has 1 heterocycles. The Morgan fingerprint density at radius 2 is 1.52 bits per heavy atom. The molecular weight excluding hydrogens is 336 g/mol. The highest BCUT2D eigenvalue weighted by atomic mass is 32.2. The van der Waals surface area contributed by atoms with Crippen molar-refractivity contribution in [2.24, 2.45) is 0 Å². The second-order valence-electron chi connectivity index (χ2n) is 5.77. The summed E-state index contributed by atoms with van der Waals surface area (Å²) in [5.74, 6) is 0.455. The minimum Gasteiger partial charge on any atom is -0.427 e. The number of hydrogen-bond donors (Lipinski definition) is 0. The molecule has 0 fully saturated rings. The van der Waals surface area contributed by atoms with E-state index in [0.717, 1.165) is 16.0 Å². The van der Waals surface area contributed by atoms with Gasteiger partial charge in [0.1, 0.15) is 11.5 Å². The molecule has 3 rings (SSSR count). The number of esters is 2. The molecule has 0 spiro atoms. The molecule has 5 heteroatoms. The van der Waals surface area contributed by atoms with Crippen LogP contribution < -0.4 is 9.47 Å². The Labute approximate surface area is 150 Å². The van der Waals surface area contributed by atoms with Crippen molar-refractivity contribution in [2.75, 3.05) is 0 Å². The number of carbonyl (C=O) groups is 2. The molecule has 4 nitrogen and oxygen atoms in total. The van der Waals surface area contributed by atoms with Crippen molar-refractivity contribution in [3.8, 4) is 11.5 Å². The Morgan fingerprint density at radius 1 is 0.920 bits per heavy atom. The van der Waals surface area contributed by atoms with Crippen LogP contribution in [0.3, 0.4) is 0 Å². The molecule has 128 valence electrons. The van der Waals surface area contributed by atoms with Crippen LogP contribution in [0.1, 0.15) is 31.9 Å². The van der Waals surface area contributed by atoms with E-state index in [4.69, 9.17) is 9.47 Å². The molecule has 0 N–H and O–H groups in total. The molecule has 0 amide bonds. The third-order valence-corrected chi connectivity index (χ3v) is 4.96. The van der Waals surface area contributed by atoms with Crippen LogP contribution >= 0.6 is 11.8 Å². The SMILES string of the molecule is CC(=O)Oc1ccc(C2=Cc3ccc(OC(C)=O)cc3SC2C)cc1. The molecule has 1 unspecified atom stereocenters. The van der Waals surface area contributed by atoms with E-state index in [1.165, 1.54) is 19.4 Å². The van der Waals surface area contributed by atoms with Crippen molar-refractivity contribution >= 4 is 35.3 Å². The highest BCUT2D eigenvalue weighted by Crippen LogP contribution is 2.42. The van der Waals surface area contributed by atoms with Gasteiger partial charge in [0.2, 0.25) is 0 Å². The van der Waals surface area contributed by atoms with Crippen LogP contribution in [-0.2, 0) is 9.59 Å². The van der Waals surface area contributed by atoms with Crippen molar-refractivity contribution in [1.29, 1.82) is 0 Å². The lowest BCUT2D eigenvalue weighted by molar-refractivity contribution is -0.132. The number of ether oxygens (including phenoxy) is 2. The lowest BCUT2D eigenvalue weighted by atomic mass is 9.99. The Hall–Kier alpha value is -2.53. The summed E-state index contributed by atoms with van der Waals surface area (Å²) in [5, 5.41) is 0.250. The van der Waals surface area contributed by atoms with Crippen LogP contribution in [0.4, 0.5) is 0 Å². The van der Waals surface area contributed by atoms with Crippen LogP contribution in [-0.4, -0.2) is 17.2 Å².